The number of carbonyl (C=O) groups excluding carboxylic acids is 1. The second-order valence-corrected chi connectivity index (χ2v) is 4.47. The summed E-state index contributed by atoms with van der Waals surface area (Å²) in [5.41, 5.74) is 0.526. The monoisotopic (exact) mass is 290 g/mol. The van der Waals surface area contributed by atoms with Crippen molar-refractivity contribution in [2.75, 3.05) is 20.3 Å². The summed E-state index contributed by atoms with van der Waals surface area (Å²) < 4.78 is 20.9. The number of aliphatic hydroxyl groups excluding tert-OH is 1. The number of ether oxygens (including phenoxy) is 3. The molecule has 1 N–H and O–H groups in total. The minimum Gasteiger partial charge on any atom is -0.486 e. The molecule has 1 aliphatic rings. The number of rotatable bonds is 3. The van der Waals surface area contributed by atoms with Crippen LogP contribution in [0, 0.1) is 0 Å². The first-order valence-electron chi connectivity index (χ1n) is 6.45. The van der Waals surface area contributed by atoms with E-state index in [9.17, 15) is 9.90 Å². The number of esters is 1. The molecule has 1 aromatic carbocycles. The zero-order valence-electron chi connectivity index (χ0n) is 11.4. The number of benzene rings is 1. The van der Waals surface area contributed by atoms with Crippen molar-refractivity contribution in [1.82, 2.24) is 0 Å². The summed E-state index contributed by atoms with van der Waals surface area (Å²) >= 11 is 0. The summed E-state index contributed by atoms with van der Waals surface area (Å²) in [4.78, 5) is 11.4. The minimum atomic E-state index is -1.06. The lowest BCUT2D eigenvalue weighted by Gasteiger charge is -2.22. The topological polar surface area (TPSA) is 78.1 Å². The van der Waals surface area contributed by atoms with Gasteiger partial charge >= 0.3 is 5.97 Å². The Labute approximate surface area is 120 Å². The zero-order valence-corrected chi connectivity index (χ0v) is 11.4. The van der Waals surface area contributed by atoms with Crippen molar-refractivity contribution in [2.45, 2.75) is 6.10 Å². The molecule has 0 aliphatic carbocycles. The lowest BCUT2D eigenvalue weighted by Crippen LogP contribution is -2.17. The molecule has 2 aromatic rings. The maximum Gasteiger partial charge on any atom is 0.373 e. The van der Waals surface area contributed by atoms with Crippen molar-refractivity contribution in [3.63, 3.8) is 0 Å². The fourth-order valence-corrected chi connectivity index (χ4v) is 2.17. The Kier molecular flexibility index (Phi) is 3.53. The summed E-state index contributed by atoms with van der Waals surface area (Å²) in [5.74, 6) is 0.749. The van der Waals surface area contributed by atoms with Crippen molar-refractivity contribution in [3.8, 4) is 11.5 Å². The Morgan fingerprint density at radius 3 is 2.86 bits per heavy atom. The van der Waals surface area contributed by atoms with Gasteiger partial charge in [0.2, 0.25) is 5.76 Å². The highest BCUT2D eigenvalue weighted by Crippen LogP contribution is 2.39. The molecule has 0 radical (unpaired) electrons. The minimum absolute atomic E-state index is 0.0357. The molecule has 6 heteroatoms. The van der Waals surface area contributed by atoms with Gasteiger partial charge in [0, 0.05) is 5.56 Å². The van der Waals surface area contributed by atoms with Crippen LogP contribution < -0.4 is 9.47 Å². The van der Waals surface area contributed by atoms with E-state index >= 15 is 0 Å². The van der Waals surface area contributed by atoms with Crippen LogP contribution in [0.2, 0.25) is 0 Å². The molecule has 3 rings (SSSR count). The van der Waals surface area contributed by atoms with E-state index in [-0.39, 0.29) is 11.5 Å². The van der Waals surface area contributed by atoms with Gasteiger partial charge in [-0.15, -0.1) is 0 Å². The molecular weight excluding hydrogens is 276 g/mol. The number of methoxy groups -OCH3 is 1. The first-order valence-corrected chi connectivity index (χ1v) is 6.45. The van der Waals surface area contributed by atoms with Gasteiger partial charge in [-0.25, -0.2) is 4.79 Å². The fraction of sp³-hybridized carbons (Fsp3) is 0.267. The average molecular weight is 290 g/mol. The molecule has 1 unspecified atom stereocenters. The van der Waals surface area contributed by atoms with Gasteiger partial charge in [0.15, 0.2) is 11.5 Å². The molecule has 21 heavy (non-hydrogen) atoms. The highest BCUT2D eigenvalue weighted by atomic mass is 16.6. The molecule has 0 bridgehead atoms. The highest BCUT2D eigenvalue weighted by Gasteiger charge is 2.24. The number of aliphatic hydroxyl groups is 1. The van der Waals surface area contributed by atoms with Crippen molar-refractivity contribution in [3.05, 3.63) is 47.4 Å². The van der Waals surface area contributed by atoms with Gasteiger partial charge < -0.3 is 23.7 Å². The van der Waals surface area contributed by atoms with Crippen LogP contribution in [-0.4, -0.2) is 31.4 Å². The predicted octanol–water partition coefficient (Wildman–Crippen LogP) is 1.92. The van der Waals surface area contributed by atoms with Crippen LogP contribution in [0.25, 0.3) is 0 Å². The second kappa shape index (κ2) is 5.49. The fourth-order valence-electron chi connectivity index (χ4n) is 2.17. The highest BCUT2D eigenvalue weighted by molar-refractivity contribution is 5.86. The predicted molar refractivity (Wildman–Crippen MR) is 71.5 cm³/mol. The number of para-hydroxylation sites is 1. The Bertz CT molecular complexity index is 660. The largest absolute Gasteiger partial charge is 0.486 e. The van der Waals surface area contributed by atoms with Crippen LogP contribution in [0.4, 0.5) is 0 Å². The Morgan fingerprint density at radius 1 is 1.24 bits per heavy atom. The van der Waals surface area contributed by atoms with Gasteiger partial charge in [-0.05, 0) is 18.2 Å². The number of carbonyl (C=O) groups is 1. The summed E-state index contributed by atoms with van der Waals surface area (Å²) in [5, 5.41) is 10.4. The molecule has 0 fully saturated rings. The Morgan fingerprint density at radius 2 is 2.05 bits per heavy atom. The molecule has 0 saturated heterocycles. The molecule has 0 spiro atoms. The summed E-state index contributed by atoms with van der Waals surface area (Å²) in [6.45, 7) is 0.891. The molecule has 110 valence electrons. The van der Waals surface area contributed by atoms with E-state index in [0.29, 0.717) is 30.3 Å². The number of fused-ring (bicyclic) bond motifs is 1. The lowest BCUT2D eigenvalue weighted by atomic mass is 10.1. The standard InChI is InChI=1S/C15H14O6/c1-18-15(17)12-6-5-10(21-12)13(16)9-3-2-4-11-14(9)20-8-7-19-11/h2-6,13,16H,7-8H2,1H3. The summed E-state index contributed by atoms with van der Waals surface area (Å²) in [7, 11) is 1.26. The average Bonchev–Trinajstić information content (AvgIpc) is 3.03. The van der Waals surface area contributed by atoms with Gasteiger partial charge in [-0.1, -0.05) is 12.1 Å². The van der Waals surface area contributed by atoms with Crippen molar-refractivity contribution < 1.29 is 28.5 Å². The third kappa shape index (κ3) is 2.45. The maximum absolute atomic E-state index is 11.4. The normalized spacial score (nSPS) is 14.6. The quantitative estimate of drug-likeness (QED) is 0.870. The molecule has 6 nitrogen and oxygen atoms in total. The zero-order chi connectivity index (χ0) is 14.8. The van der Waals surface area contributed by atoms with Crippen molar-refractivity contribution in [1.29, 1.82) is 0 Å². The van der Waals surface area contributed by atoms with Crippen molar-refractivity contribution >= 4 is 5.97 Å². The molecule has 1 atom stereocenters. The number of furan rings is 1. The molecule has 2 heterocycles. The third-order valence-corrected chi connectivity index (χ3v) is 3.17. The van der Waals surface area contributed by atoms with E-state index in [1.807, 2.05) is 0 Å². The van der Waals surface area contributed by atoms with Crippen LogP contribution >= 0.6 is 0 Å². The maximum atomic E-state index is 11.4. The van der Waals surface area contributed by atoms with Gasteiger partial charge in [0.1, 0.15) is 25.1 Å². The van der Waals surface area contributed by atoms with Gasteiger partial charge in [0.25, 0.3) is 0 Å². The van der Waals surface area contributed by atoms with Crippen LogP contribution in [-0.2, 0) is 4.74 Å². The summed E-state index contributed by atoms with van der Waals surface area (Å²) in [6.07, 6.45) is -1.06. The summed E-state index contributed by atoms with van der Waals surface area (Å²) in [6, 6.07) is 8.23. The smallest absolute Gasteiger partial charge is 0.373 e. The van der Waals surface area contributed by atoms with E-state index in [1.54, 1.807) is 18.2 Å². The Balaban J connectivity index is 1.93. The van der Waals surface area contributed by atoms with Crippen molar-refractivity contribution in [2.24, 2.45) is 0 Å². The second-order valence-electron chi connectivity index (χ2n) is 4.47. The molecular formula is C15H14O6. The Hall–Kier alpha value is -2.47. The van der Waals surface area contributed by atoms with Gasteiger partial charge in [-0.3, -0.25) is 0 Å². The van der Waals surface area contributed by atoms with Crippen LogP contribution in [0.15, 0.2) is 34.7 Å². The van der Waals surface area contributed by atoms with Crippen LogP contribution in [0.5, 0.6) is 11.5 Å². The first kappa shape index (κ1) is 13.5. The molecule has 0 amide bonds. The molecule has 1 aliphatic heterocycles. The first-order chi connectivity index (χ1) is 10.2. The molecule has 0 saturated carbocycles. The van der Waals surface area contributed by atoms with E-state index in [2.05, 4.69) is 4.74 Å². The molecule has 1 aromatic heterocycles. The lowest BCUT2D eigenvalue weighted by molar-refractivity contribution is 0.0557. The van der Waals surface area contributed by atoms with E-state index < -0.39 is 12.1 Å². The van der Waals surface area contributed by atoms with Crippen LogP contribution in [0.3, 0.4) is 0 Å². The van der Waals surface area contributed by atoms with E-state index in [0.717, 1.165) is 0 Å². The SMILES string of the molecule is COC(=O)c1ccc(C(O)c2cccc3c2OCCO3)o1. The third-order valence-electron chi connectivity index (χ3n) is 3.17. The number of hydrogen-bond donors (Lipinski definition) is 1. The van der Waals surface area contributed by atoms with Gasteiger partial charge in [-0.2, -0.15) is 0 Å². The van der Waals surface area contributed by atoms with E-state index in [1.165, 1.54) is 19.2 Å². The van der Waals surface area contributed by atoms with E-state index in [4.69, 9.17) is 13.9 Å². The van der Waals surface area contributed by atoms with Gasteiger partial charge in [0.05, 0.1) is 7.11 Å². The number of hydrogen-bond acceptors (Lipinski definition) is 6. The van der Waals surface area contributed by atoms with Crippen LogP contribution in [0.1, 0.15) is 28.0 Å².